The first kappa shape index (κ1) is 17.8. The van der Waals surface area contributed by atoms with E-state index in [4.69, 9.17) is 0 Å². The second kappa shape index (κ2) is 6.04. The topological polar surface area (TPSA) is 88.0 Å². The summed E-state index contributed by atoms with van der Waals surface area (Å²) in [5.41, 5.74) is -2.57. The Balaban J connectivity index is 2.04. The van der Waals surface area contributed by atoms with Gasteiger partial charge in [-0.15, -0.1) is 0 Å². The fourth-order valence-corrected chi connectivity index (χ4v) is 2.40. The van der Waals surface area contributed by atoms with Crippen LogP contribution in [0.2, 0.25) is 0 Å². The number of fused-ring (bicyclic) bond motifs is 1. The fourth-order valence-electron chi connectivity index (χ4n) is 2.40. The molecule has 26 heavy (non-hydrogen) atoms. The number of alkyl halides is 5. The van der Waals surface area contributed by atoms with Crippen molar-refractivity contribution >= 4 is 17.2 Å². The lowest BCUT2D eigenvalue weighted by atomic mass is 10.2. The number of hydrogen-bond donors (Lipinski definition) is 2. The summed E-state index contributed by atoms with van der Waals surface area (Å²) in [6.07, 6.45) is -6.69. The van der Waals surface area contributed by atoms with Gasteiger partial charge in [-0.1, -0.05) is 0 Å². The first-order valence-corrected chi connectivity index (χ1v) is 7.16. The zero-order chi connectivity index (χ0) is 19.2. The quantitative estimate of drug-likeness (QED) is 0.689. The second-order valence-electron chi connectivity index (χ2n) is 5.44. The summed E-state index contributed by atoms with van der Waals surface area (Å²) >= 11 is 0. The molecule has 3 aromatic heterocycles. The van der Waals surface area contributed by atoms with Gasteiger partial charge in [-0.2, -0.15) is 23.4 Å². The SMILES string of the molecule is Cc1cc(C(F)F)n2ncc(C(=O)Nc3c(C(F)(F)F)n[nH]c3C)c2n1. The maximum Gasteiger partial charge on any atom is 0.437 e. The molecular weight excluding hydrogens is 363 g/mol. The lowest BCUT2D eigenvalue weighted by Crippen LogP contribution is -2.17. The van der Waals surface area contributed by atoms with E-state index < -0.39 is 35.6 Å². The van der Waals surface area contributed by atoms with Crippen molar-refractivity contribution in [2.24, 2.45) is 0 Å². The molecule has 0 aliphatic carbocycles. The molecule has 138 valence electrons. The largest absolute Gasteiger partial charge is 0.437 e. The van der Waals surface area contributed by atoms with Crippen molar-refractivity contribution in [2.75, 3.05) is 5.32 Å². The van der Waals surface area contributed by atoms with Crippen molar-refractivity contribution in [1.29, 1.82) is 0 Å². The van der Waals surface area contributed by atoms with Crippen LogP contribution in [0.5, 0.6) is 0 Å². The van der Waals surface area contributed by atoms with E-state index >= 15 is 0 Å². The van der Waals surface area contributed by atoms with E-state index in [0.29, 0.717) is 0 Å². The summed E-state index contributed by atoms with van der Waals surface area (Å²) in [6.45, 7) is 2.74. The van der Waals surface area contributed by atoms with Crippen LogP contribution in [0, 0.1) is 13.8 Å². The third-order valence-corrected chi connectivity index (χ3v) is 3.55. The molecule has 3 heterocycles. The molecule has 2 N–H and O–H groups in total. The highest BCUT2D eigenvalue weighted by Crippen LogP contribution is 2.35. The third-order valence-electron chi connectivity index (χ3n) is 3.55. The summed E-state index contributed by atoms with van der Waals surface area (Å²) < 4.78 is 65.9. The Morgan fingerprint density at radius 3 is 2.62 bits per heavy atom. The number of carbonyl (C=O) groups is 1. The number of halogens is 5. The number of rotatable bonds is 3. The molecule has 3 aromatic rings. The Bertz CT molecular complexity index is 990. The van der Waals surface area contributed by atoms with E-state index in [9.17, 15) is 26.7 Å². The maximum absolute atomic E-state index is 13.1. The van der Waals surface area contributed by atoms with Crippen molar-refractivity contribution in [2.45, 2.75) is 26.4 Å². The van der Waals surface area contributed by atoms with Gasteiger partial charge in [0.2, 0.25) is 0 Å². The van der Waals surface area contributed by atoms with Gasteiger partial charge in [0, 0.05) is 5.69 Å². The monoisotopic (exact) mass is 374 g/mol. The molecule has 0 bridgehead atoms. The van der Waals surface area contributed by atoms with E-state index in [1.54, 1.807) is 0 Å². The van der Waals surface area contributed by atoms with Gasteiger partial charge >= 0.3 is 6.18 Å². The van der Waals surface area contributed by atoms with Crippen LogP contribution < -0.4 is 5.32 Å². The lowest BCUT2D eigenvalue weighted by Gasteiger charge is -2.09. The second-order valence-corrected chi connectivity index (χ2v) is 5.44. The van der Waals surface area contributed by atoms with Crippen molar-refractivity contribution in [3.05, 3.63) is 40.6 Å². The number of nitrogens with zero attached hydrogens (tertiary/aromatic N) is 4. The van der Waals surface area contributed by atoms with Gasteiger partial charge in [0.25, 0.3) is 12.3 Å². The molecule has 3 rings (SSSR count). The van der Waals surface area contributed by atoms with Crippen LogP contribution in [-0.4, -0.2) is 30.7 Å². The highest BCUT2D eigenvalue weighted by Gasteiger charge is 2.38. The first-order valence-electron chi connectivity index (χ1n) is 7.16. The Kier molecular flexibility index (Phi) is 4.12. The van der Waals surface area contributed by atoms with E-state index in [2.05, 4.69) is 25.6 Å². The molecule has 0 fully saturated rings. The number of aromatic amines is 1. The number of H-pyrrole nitrogens is 1. The molecule has 0 aromatic carbocycles. The van der Waals surface area contributed by atoms with Crippen molar-refractivity contribution in [3.8, 4) is 0 Å². The number of amides is 1. The fraction of sp³-hybridized carbons (Fsp3) is 0.286. The van der Waals surface area contributed by atoms with Crippen LogP contribution >= 0.6 is 0 Å². The van der Waals surface area contributed by atoms with Crippen molar-refractivity contribution < 1.29 is 26.7 Å². The summed E-state index contributed by atoms with van der Waals surface area (Å²) in [6, 6.07) is 1.11. The Morgan fingerprint density at radius 1 is 1.31 bits per heavy atom. The Hall–Kier alpha value is -3.05. The number of nitrogens with one attached hydrogen (secondary N) is 2. The zero-order valence-electron chi connectivity index (χ0n) is 13.3. The van der Waals surface area contributed by atoms with Gasteiger partial charge in [-0.05, 0) is 19.9 Å². The number of carbonyl (C=O) groups excluding carboxylic acids is 1. The minimum absolute atomic E-state index is 0.0143. The molecule has 0 aliphatic heterocycles. The molecule has 0 saturated carbocycles. The van der Waals surface area contributed by atoms with Gasteiger partial charge < -0.3 is 5.32 Å². The molecule has 7 nitrogen and oxygen atoms in total. The number of hydrogen-bond acceptors (Lipinski definition) is 4. The minimum atomic E-state index is -4.79. The van der Waals surface area contributed by atoms with E-state index in [1.807, 2.05) is 0 Å². The number of anilines is 1. The van der Waals surface area contributed by atoms with Crippen LogP contribution in [-0.2, 0) is 6.18 Å². The molecule has 0 radical (unpaired) electrons. The van der Waals surface area contributed by atoms with Gasteiger partial charge in [0.1, 0.15) is 11.3 Å². The molecule has 0 saturated heterocycles. The highest BCUT2D eigenvalue weighted by molar-refractivity contribution is 6.08. The zero-order valence-corrected chi connectivity index (χ0v) is 13.3. The maximum atomic E-state index is 13.1. The predicted molar refractivity (Wildman–Crippen MR) is 79.0 cm³/mol. The minimum Gasteiger partial charge on any atom is -0.318 e. The lowest BCUT2D eigenvalue weighted by molar-refractivity contribution is -0.140. The van der Waals surface area contributed by atoms with Gasteiger partial charge in [0.15, 0.2) is 11.3 Å². The smallest absolute Gasteiger partial charge is 0.318 e. The summed E-state index contributed by atoms with van der Waals surface area (Å²) in [4.78, 5) is 16.4. The molecular formula is C14H11F5N6O. The Morgan fingerprint density at radius 2 is 2.00 bits per heavy atom. The van der Waals surface area contributed by atoms with Crippen molar-refractivity contribution in [3.63, 3.8) is 0 Å². The summed E-state index contributed by atoms with van der Waals surface area (Å²) in [5, 5.41) is 11.1. The first-order chi connectivity index (χ1) is 12.1. The van der Waals surface area contributed by atoms with E-state index in [1.165, 1.54) is 13.8 Å². The van der Waals surface area contributed by atoms with Gasteiger partial charge in [0.05, 0.1) is 17.6 Å². The van der Waals surface area contributed by atoms with Crippen LogP contribution in [0.3, 0.4) is 0 Å². The highest BCUT2D eigenvalue weighted by atomic mass is 19.4. The molecule has 0 atom stereocenters. The van der Waals surface area contributed by atoms with Crippen LogP contribution in [0.4, 0.5) is 27.6 Å². The van der Waals surface area contributed by atoms with Crippen LogP contribution in [0.25, 0.3) is 5.65 Å². The molecule has 0 spiro atoms. The standard InChI is InChI=1S/C14H11F5N6O/c1-5-3-8(11(15)16)25-12(21-5)7(4-20-25)13(26)22-9-6(2)23-24-10(9)14(17,18)19/h3-4,11H,1-2H3,(H,22,26)(H,23,24). The van der Waals surface area contributed by atoms with E-state index in [0.717, 1.165) is 16.8 Å². The van der Waals surface area contributed by atoms with Gasteiger partial charge in [-0.25, -0.2) is 18.3 Å². The predicted octanol–water partition coefficient (Wildman–Crippen LogP) is 3.28. The third kappa shape index (κ3) is 2.97. The average Bonchev–Trinajstić information content (AvgIpc) is 3.10. The molecule has 12 heteroatoms. The number of aryl methyl sites for hydroxylation is 2. The van der Waals surface area contributed by atoms with Gasteiger partial charge in [-0.3, -0.25) is 9.89 Å². The van der Waals surface area contributed by atoms with Crippen molar-refractivity contribution in [1.82, 2.24) is 24.8 Å². The average molecular weight is 374 g/mol. The molecule has 0 aliphatic rings. The summed E-state index contributed by atoms with van der Waals surface area (Å²) in [5.74, 6) is -0.978. The summed E-state index contributed by atoms with van der Waals surface area (Å²) in [7, 11) is 0. The molecule has 1 amide bonds. The van der Waals surface area contributed by atoms with Crippen LogP contribution in [0.1, 0.15) is 39.6 Å². The molecule has 0 unspecified atom stereocenters. The normalized spacial score (nSPS) is 12.2. The van der Waals surface area contributed by atoms with E-state index in [-0.39, 0.29) is 22.6 Å². The number of aromatic nitrogens is 5. The Labute approximate surface area is 142 Å². The van der Waals surface area contributed by atoms with Crippen LogP contribution in [0.15, 0.2) is 12.3 Å².